The normalized spacial score (nSPS) is 12.7. The number of alkyl halides is 6. The van der Waals surface area contributed by atoms with Crippen LogP contribution in [0.1, 0.15) is 22.3 Å². The lowest BCUT2D eigenvalue weighted by Crippen LogP contribution is -2.12. The van der Waals surface area contributed by atoms with Gasteiger partial charge in [-0.3, -0.25) is 0 Å². The predicted octanol–water partition coefficient (Wildman–Crippen LogP) is 6.09. The number of aliphatic carboxylic acids is 1. The molecule has 0 spiro atoms. The highest BCUT2D eigenvalue weighted by Gasteiger charge is 2.37. The van der Waals surface area contributed by atoms with Crippen LogP contribution >= 0.6 is 11.8 Å². The average Bonchev–Trinajstić information content (AvgIpc) is 2.63. The highest BCUT2D eigenvalue weighted by molar-refractivity contribution is 7.98. The van der Waals surface area contributed by atoms with Crippen molar-refractivity contribution in [1.29, 1.82) is 0 Å². The number of methoxy groups -OCH3 is 1. The van der Waals surface area contributed by atoms with E-state index in [1.54, 1.807) is 0 Å². The topological polar surface area (TPSA) is 46.5 Å². The number of carboxylic acid groups (broad SMARTS) is 1. The zero-order valence-electron chi connectivity index (χ0n) is 14.8. The standard InChI is InChI=1S/C19H14F6O3S/c1-28-9-14(17(26)27)13-4-2-3-5-16(13)29-10-11-8-12(18(20,21)22)6-7-15(11)19(23,24)25/h2-9H,10H2,1H3,(H,26,27). The molecule has 0 fully saturated rings. The Balaban J connectivity index is 2.44. The van der Waals surface area contributed by atoms with Gasteiger partial charge in [0, 0.05) is 16.2 Å². The number of rotatable bonds is 6. The largest absolute Gasteiger partial charge is 0.503 e. The van der Waals surface area contributed by atoms with E-state index in [2.05, 4.69) is 0 Å². The van der Waals surface area contributed by atoms with Crippen molar-refractivity contribution in [3.8, 4) is 0 Å². The second-order valence-corrected chi connectivity index (χ2v) is 6.74. The van der Waals surface area contributed by atoms with Crippen molar-refractivity contribution in [1.82, 2.24) is 0 Å². The summed E-state index contributed by atoms with van der Waals surface area (Å²) < 4.78 is 83.2. The first kappa shape index (κ1) is 22.7. The van der Waals surface area contributed by atoms with Crippen LogP contribution in [0.4, 0.5) is 26.3 Å². The summed E-state index contributed by atoms with van der Waals surface area (Å²) in [6.07, 6.45) is -8.66. The Morgan fingerprint density at radius 2 is 1.72 bits per heavy atom. The molecule has 1 N–H and O–H groups in total. The molecule has 0 aliphatic carbocycles. The van der Waals surface area contributed by atoms with Gasteiger partial charge in [0.05, 0.1) is 24.5 Å². The van der Waals surface area contributed by atoms with Gasteiger partial charge in [0.1, 0.15) is 5.57 Å². The fraction of sp³-hybridized carbons (Fsp3) is 0.211. The van der Waals surface area contributed by atoms with E-state index in [1.807, 2.05) is 0 Å². The molecule has 0 atom stereocenters. The lowest BCUT2D eigenvalue weighted by atomic mass is 10.0. The second-order valence-electron chi connectivity index (χ2n) is 5.72. The van der Waals surface area contributed by atoms with E-state index in [9.17, 15) is 36.2 Å². The molecule has 2 aromatic carbocycles. The third-order valence-corrected chi connectivity index (χ3v) is 4.89. The summed E-state index contributed by atoms with van der Waals surface area (Å²) in [4.78, 5) is 11.7. The van der Waals surface area contributed by atoms with Crippen molar-refractivity contribution in [3.05, 3.63) is 71.0 Å². The molecular formula is C19H14F6O3S. The molecule has 0 bridgehead atoms. The van der Waals surface area contributed by atoms with Crippen LogP contribution in [0.15, 0.2) is 53.6 Å². The molecule has 0 radical (unpaired) electrons. The average molecular weight is 436 g/mol. The maximum absolute atomic E-state index is 13.2. The highest BCUT2D eigenvalue weighted by atomic mass is 32.2. The number of halogens is 6. The Hall–Kier alpha value is -2.62. The molecule has 0 aliphatic rings. The third-order valence-electron chi connectivity index (χ3n) is 3.76. The number of ether oxygens (including phenoxy) is 1. The monoisotopic (exact) mass is 436 g/mol. The van der Waals surface area contributed by atoms with Crippen LogP contribution in [-0.4, -0.2) is 18.2 Å². The van der Waals surface area contributed by atoms with Gasteiger partial charge in [-0.2, -0.15) is 26.3 Å². The minimum atomic E-state index is -4.83. The predicted molar refractivity (Wildman–Crippen MR) is 95.1 cm³/mol. The van der Waals surface area contributed by atoms with Gasteiger partial charge in [0.25, 0.3) is 0 Å². The van der Waals surface area contributed by atoms with E-state index in [4.69, 9.17) is 4.74 Å². The minimum absolute atomic E-state index is 0.174. The first-order chi connectivity index (χ1) is 13.4. The van der Waals surface area contributed by atoms with Crippen LogP contribution in [-0.2, 0) is 27.6 Å². The van der Waals surface area contributed by atoms with Crippen LogP contribution < -0.4 is 0 Å². The molecule has 10 heteroatoms. The van der Waals surface area contributed by atoms with Crippen molar-refractivity contribution in [3.63, 3.8) is 0 Å². The van der Waals surface area contributed by atoms with Crippen LogP contribution in [0.25, 0.3) is 5.57 Å². The van der Waals surface area contributed by atoms with Crippen molar-refractivity contribution in [2.75, 3.05) is 7.11 Å². The molecule has 2 rings (SSSR count). The molecule has 0 saturated carbocycles. The van der Waals surface area contributed by atoms with E-state index >= 15 is 0 Å². The van der Waals surface area contributed by atoms with E-state index < -0.39 is 40.8 Å². The molecule has 0 unspecified atom stereocenters. The summed E-state index contributed by atoms with van der Waals surface area (Å²) in [6.45, 7) is 0. The summed E-state index contributed by atoms with van der Waals surface area (Å²) in [7, 11) is 1.23. The van der Waals surface area contributed by atoms with Crippen molar-refractivity contribution in [2.24, 2.45) is 0 Å². The van der Waals surface area contributed by atoms with Crippen LogP contribution in [0.2, 0.25) is 0 Å². The lowest BCUT2D eigenvalue weighted by molar-refractivity contribution is -0.141. The number of hydrogen-bond donors (Lipinski definition) is 1. The Labute approximate surface area is 166 Å². The van der Waals surface area contributed by atoms with Gasteiger partial charge in [-0.05, 0) is 29.8 Å². The summed E-state index contributed by atoms with van der Waals surface area (Å²) in [5.41, 5.74) is -3.00. The minimum Gasteiger partial charge on any atom is -0.503 e. The molecule has 0 heterocycles. The van der Waals surface area contributed by atoms with Gasteiger partial charge in [0.2, 0.25) is 0 Å². The second kappa shape index (κ2) is 8.81. The number of carbonyl (C=O) groups is 1. The van der Waals surface area contributed by atoms with Gasteiger partial charge >= 0.3 is 18.3 Å². The maximum atomic E-state index is 13.2. The smallest absolute Gasteiger partial charge is 0.416 e. The summed E-state index contributed by atoms with van der Waals surface area (Å²) in [5, 5.41) is 9.31. The Kier molecular flexibility index (Phi) is 6.89. The first-order valence-electron chi connectivity index (χ1n) is 7.91. The lowest BCUT2D eigenvalue weighted by Gasteiger charge is -2.16. The zero-order chi connectivity index (χ0) is 21.8. The first-order valence-corrected chi connectivity index (χ1v) is 8.89. The number of benzene rings is 2. The van der Waals surface area contributed by atoms with Gasteiger partial charge in [-0.1, -0.05) is 18.2 Å². The molecule has 2 aromatic rings. The Bertz CT molecular complexity index is 919. The zero-order valence-corrected chi connectivity index (χ0v) is 15.6. The van der Waals surface area contributed by atoms with Crippen LogP contribution in [0.5, 0.6) is 0 Å². The molecule has 0 aromatic heterocycles. The summed E-state index contributed by atoms with van der Waals surface area (Å²) in [5.74, 6) is -1.77. The van der Waals surface area contributed by atoms with Gasteiger partial charge in [0.15, 0.2) is 0 Å². The molecule has 0 aliphatic heterocycles. The quantitative estimate of drug-likeness (QED) is 0.258. The number of thioether (sulfide) groups is 1. The molecular weight excluding hydrogens is 422 g/mol. The molecule has 0 saturated heterocycles. The number of hydrogen-bond acceptors (Lipinski definition) is 3. The summed E-state index contributed by atoms with van der Waals surface area (Å²) in [6, 6.07) is 7.20. The number of carboxylic acids is 1. The maximum Gasteiger partial charge on any atom is 0.416 e. The van der Waals surface area contributed by atoms with Crippen molar-refractivity contribution in [2.45, 2.75) is 23.0 Å². The van der Waals surface area contributed by atoms with Gasteiger partial charge < -0.3 is 9.84 Å². The third kappa shape index (κ3) is 5.69. The van der Waals surface area contributed by atoms with Crippen molar-refractivity contribution >= 4 is 23.3 Å². The van der Waals surface area contributed by atoms with E-state index in [-0.39, 0.29) is 16.0 Å². The molecule has 29 heavy (non-hydrogen) atoms. The van der Waals surface area contributed by atoms with Gasteiger partial charge in [-0.15, -0.1) is 11.8 Å². The fourth-order valence-corrected chi connectivity index (χ4v) is 3.54. The fourth-order valence-electron chi connectivity index (χ4n) is 2.48. The van der Waals surface area contributed by atoms with E-state index in [0.717, 1.165) is 18.0 Å². The molecule has 3 nitrogen and oxygen atoms in total. The van der Waals surface area contributed by atoms with Crippen LogP contribution in [0, 0.1) is 0 Å². The Morgan fingerprint density at radius 3 is 2.28 bits per heavy atom. The van der Waals surface area contributed by atoms with Crippen LogP contribution in [0.3, 0.4) is 0 Å². The van der Waals surface area contributed by atoms with E-state index in [1.165, 1.54) is 31.4 Å². The molecule has 0 amide bonds. The SMILES string of the molecule is COC=C(C(=O)O)c1ccccc1SCc1cc(C(F)(F)F)ccc1C(F)(F)F. The Morgan fingerprint density at radius 1 is 1.07 bits per heavy atom. The summed E-state index contributed by atoms with van der Waals surface area (Å²) >= 11 is 0.794. The molecule has 156 valence electrons. The van der Waals surface area contributed by atoms with Crippen molar-refractivity contribution < 1.29 is 41.0 Å². The van der Waals surface area contributed by atoms with E-state index in [0.29, 0.717) is 18.2 Å². The van der Waals surface area contributed by atoms with Gasteiger partial charge in [-0.25, -0.2) is 4.79 Å². The highest BCUT2D eigenvalue weighted by Crippen LogP contribution is 2.39.